The van der Waals surface area contributed by atoms with E-state index in [0.29, 0.717) is 11.5 Å². The molecule has 0 fully saturated rings. The van der Waals surface area contributed by atoms with Gasteiger partial charge in [-0.2, -0.15) is 12.6 Å². The van der Waals surface area contributed by atoms with E-state index >= 15 is 0 Å². The molecule has 0 aliphatic carbocycles. The van der Waals surface area contributed by atoms with Gasteiger partial charge in [0.1, 0.15) is 5.75 Å². The highest BCUT2D eigenvalue weighted by Gasteiger charge is 2.01. The zero-order chi connectivity index (χ0) is 8.55. The summed E-state index contributed by atoms with van der Waals surface area (Å²) in [7, 11) is 0. The van der Waals surface area contributed by atoms with Crippen molar-refractivity contribution in [3.63, 3.8) is 0 Å². The molecule has 0 aliphatic rings. The smallest absolute Gasteiger partial charge is 0.116 e. The minimum atomic E-state index is 0.296. The molecule has 0 spiro atoms. The number of aromatic nitrogens is 1. The van der Waals surface area contributed by atoms with Crippen LogP contribution in [-0.2, 0) is 5.75 Å². The third-order valence-corrected chi connectivity index (χ3v) is 2.26. The second-order valence-electron chi connectivity index (χ2n) is 2.70. The first-order valence-corrected chi connectivity index (χ1v) is 4.34. The van der Waals surface area contributed by atoms with E-state index in [-0.39, 0.29) is 0 Å². The number of phenols is 1. The Labute approximate surface area is 75.6 Å². The van der Waals surface area contributed by atoms with Crippen LogP contribution in [0.15, 0.2) is 24.4 Å². The Balaban J connectivity index is 2.75. The number of hydrogen-bond donors (Lipinski definition) is 3. The molecule has 2 N–H and O–H groups in total. The van der Waals surface area contributed by atoms with E-state index in [9.17, 15) is 5.11 Å². The van der Waals surface area contributed by atoms with Gasteiger partial charge in [0.2, 0.25) is 0 Å². The highest BCUT2D eigenvalue weighted by atomic mass is 32.1. The Morgan fingerprint density at radius 2 is 2.25 bits per heavy atom. The standard InChI is InChI=1S/C9H9NOS/c11-7-1-2-9-8(3-7)6(5-12)4-10-9/h1-4,10-12H,5H2. The highest BCUT2D eigenvalue weighted by molar-refractivity contribution is 7.79. The lowest BCUT2D eigenvalue weighted by molar-refractivity contribution is 0.476. The van der Waals surface area contributed by atoms with Crippen molar-refractivity contribution in [2.75, 3.05) is 0 Å². The molecule has 1 aromatic heterocycles. The van der Waals surface area contributed by atoms with Gasteiger partial charge in [-0.3, -0.25) is 0 Å². The molecule has 0 saturated carbocycles. The third-order valence-electron chi connectivity index (χ3n) is 1.92. The van der Waals surface area contributed by atoms with Crippen molar-refractivity contribution in [2.45, 2.75) is 5.75 Å². The highest BCUT2D eigenvalue weighted by Crippen LogP contribution is 2.23. The summed E-state index contributed by atoms with van der Waals surface area (Å²) >= 11 is 4.18. The summed E-state index contributed by atoms with van der Waals surface area (Å²) < 4.78 is 0. The normalized spacial score (nSPS) is 10.8. The summed E-state index contributed by atoms with van der Waals surface area (Å²) in [4.78, 5) is 3.11. The number of benzene rings is 1. The van der Waals surface area contributed by atoms with Gasteiger partial charge in [-0.15, -0.1) is 0 Å². The molecule has 1 heterocycles. The number of hydrogen-bond acceptors (Lipinski definition) is 2. The third kappa shape index (κ3) is 1.06. The van der Waals surface area contributed by atoms with Gasteiger partial charge in [-0.05, 0) is 23.8 Å². The van der Waals surface area contributed by atoms with E-state index in [1.165, 1.54) is 0 Å². The molecule has 3 heteroatoms. The number of aromatic amines is 1. The fourth-order valence-corrected chi connectivity index (χ4v) is 1.56. The van der Waals surface area contributed by atoms with Crippen LogP contribution < -0.4 is 0 Å². The number of thiol groups is 1. The van der Waals surface area contributed by atoms with Gasteiger partial charge in [0, 0.05) is 22.9 Å². The largest absolute Gasteiger partial charge is 0.508 e. The number of rotatable bonds is 1. The van der Waals surface area contributed by atoms with Crippen molar-refractivity contribution >= 4 is 23.5 Å². The molecule has 0 amide bonds. The predicted molar refractivity (Wildman–Crippen MR) is 52.7 cm³/mol. The van der Waals surface area contributed by atoms with Gasteiger partial charge >= 0.3 is 0 Å². The maximum absolute atomic E-state index is 9.23. The Morgan fingerprint density at radius 3 is 3.00 bits per heavy atom. The molecule has 12 heavy (non-hydrogen) atoms. The molecule has 0 unspecified atom stereocenters. The van der Waals surface area contributed by atoms with Gasteiger partial charge < -0.3 is 10.1 Å². The van der Waals surface area contributed by atoms with Crippen molar-refractivity contribution in [1.29, 1.82) is 0 Å². The Kier molecular flexibility index (Phi) is 1.73. The van der Waals surface area contributed by atoms with Crippen molar-refractivity contribution < 1.29 is 5.11 Å². The topological polar surface area (TPSA) is 36.0 Å². The van der Waals surface area contributed by atoms with Crippen LogP contribution in [0.2, 0.25) is 0 Å². The van der Waals surface area contributed by atoms with Gasteiger partial charge in [0.25, 0.3) is 0 Å². The maximum atomic E-state index is 9.23. The first-order chi connectivity index (χ1) is 5.81. The van der Waals surface area contributed by atoms with Crippen LogP contribution in [0.3, 0.4) is 0 Å². The molecular formula is C9H9NOS. The fraction of sp³-hybridized carbons (Fsp3) is 0.111. The van der Waals surface area contributed by atoms with E-state index in [4.69, 9.17) is 0 Å². The van der Waals surface area contributed by atoms with Crippen molar-refractivity contribution in [2.24, 2.45) is 0 Å². The summed E-state index contributed by atoms with van der Waals surface area (Å²) in [5.41, 5.74) is 2.15. The molecule has 0 atom stereocenters. The average molecular weight is 179 g/mol. The van der Waals surface area contributed by atoms with Crippen LogP contribution >= 0.6 is 12.6 Å². The number of nitrogens with one attached hydrogen (secondary N) is 1. The second kappa shape index (κ2) is 2.75. The monoisotopic (exact) mass is 179 g/mol. The molecule has 2 aromatic rings. The summed E-state index contributed by atoms with van der Waals surface area (Å²) in [6.45, 7) is 0. The number of fused-ring (bicyclic) bond motifs is 1. The maximum Gasteiger partial charge on any atom is 0.116 e. The average Bonchev–Trinajstić information content (AvgIpc) is 2.46. The molecule has 2 nitrogen and oxygen atoms in total. The van der Waals surface area contributed by atoms with Crippen LogP contribution in [-0.4, -0.2) is 10.1 Å². The minimum Gasteiger partial charge on any atom is -0.508 e. The first kappa shape index (κ1) is 7.55. The number of aromatic hydroxyl groups is 1. The molecule has 1 aromatic carbocycles. The van der Waals surface area contributed by atoms with E-state index < -0.39 is 0 Å². The van der Waals surface area contributed by atoms with E-state index in [1.54, 1.807) is 12.1 Å². The SMILES string of the molecule is Oc1ccc2[nH]cc(CS)c2c1. The minimum absolute atomic E-state index is 0.296. The summed E-state index contributed by atoms with van der Waals surface area (Å²) in [5.74, 6) is 0.980. The van der Waals surface area contributed by atoms with Crippen LogP contribution in [0.1, 0.15) is 5.56 Å². The molecule has 62 valence electrons. The lowest BCUT2D eigenvalue weighted by atomic mass is 10.2. The quantitative estimate of drug-likeness (QED) is 0.577. The van der Waals surface area contributed by atoms with E-state index in [0.717, 1.165) is 16.5 Å². The Bertz CT molecular complexity index is 408. The summed E-state index contributed by atoms with van der Waals surface area (Å²) in [5, 5.41) is 10.3. The predicted octanol–water partition coefficient (Wildman–Crippen LogP) is 2.30. The molecule has 0 saturated heterocycles. The van der Waals surface area contributed by atoms with E-state index in [1.807, 2.05) is 12.3 Å². The van der Waals surface area contributed by atoms with Gasteiger partial charge in [-0.1, -0.05) is 0 Å². The van der Waals surface area contributed by atoms with Crippen LogP contribution in [0.25, 0.3) is 10.9 Å². The second-order valence-corrected chi connectivity index (χ2v) is 3.02. The lowest BCUT2D eigenvalue weighted by Crippen LogP contribution is -1.72. The molecule has 0 bridgehead atoms. The molecule has 2 rings (SSSR count). The zero-order valence-electron chi connectivity index (χ0n) is 6.41. The van der Waals surface area contributed by atoms with Crippen LogP contribution in [0.4, 0.5) is 0 Å². The van der Waals surface area contributed by atoms with Gasteiger partial charge in [0.15, 0.2) is 0 Å². The van der Waals surface area contributed by atoms with Crippen molar-refractivity contribution in [3.05, 3.63) is 30.0 Å². The number of phenolic OH excluding ortho intramolecular Hbond substituents is 1. The summed E-state index contributed by atoms with van der Waals surface area (Å²) in [6, 6.07) is 5.27. The summed E-state index contributed by atoms with van der Waals surface area (Å²) in [6.07, 6.45) is 1.91. The molecular weight excluding hydrogens is 170 g/mol. The van der Waals surface area contributed by atoms with Crippen molar-refractivity contribution in [3.8, 4) is 5.75 Å². The number of H-pyrrole nitrogens is 1. The Morgan fingerprint density at radius 1 is 1.42 bits per heavy atom. The van der Waals surface area contributed by atoms with Crippen LogP contribution in [0.5, 0.6) is 5.75 Å². The Hall–Kier alpha value is -1.09. The van der Waals surface area contributed by atoms with E-state index in [2.05, 4.69) is 17.6 Å². The van der Waals surface area contributed by atoms with Crippen molar-refractivity contribution in [1.82, 2.24) is 4.98 Å². The molecule has 0 aliphatic heterocycles. The van der Waals surface area contributed by atoms with Gasteiger partial charge in [0.05, 0.1) is 0 Å². The lowest BCUT2D eigenvalue weighted by Gasteiger charge is -1.94. The van der Waals surface area contributed by atoms with Gasteiger partial charge in [-0.25, -0.2) is 0 Å². The first-order valence-electron chi connectivity index (χ1n) is 3.71. The fourth-order valence-electron chi connectivity index (χ4n) is 1.30. The molecule has 0 radical (unpaired) electrons. The zero-order valence-corrected chi connectivity index (χ0v) is 7.31. The van der Waals surface area contributed by atoms with Crippen LogP contribution in [0, 0.1) is 0 Å².